The number of nitrogens with zero attached hydrogens (tertiary/aromatic N) is 2. The summed E-state index contributed by atoms with van der Waals surface area (Å²) in [6.45, 7) is 5.13. The van der Waals surface area contributed by atoms with E-state index < -0.39 is 9.84 Å². The first kappa shape index (κ1) is 24.5. The Morgan fingerprint density at radius 1 is 1.10 bits per heavy atom. The fourth-order valence-corrected chi connectivity index (χ4v) is 3.94. The minimum absolute atomic E-state index is 0. The Morgan fingerprint density at radius 3 is 2.30 bits per heavy atom. The molecule has 0 unspecified atom stereocenters. The van der Waals surface area contributed by atoms with E-state index >= 15 is 0 Å². The SMILES string of the molecule is CCNC(=NCc1ccc(S(C)(=O)=O)cc1)N1CCC(Oc2ccccc2)CC1.I. The van der Waals surface area contributed by atoms with E-state index in [4.69, 9.17) is 9.73 Å². The van der Waals surface area contributed by atoms with Crippen LogP contribution in [0.15, 0.2) is 64.5 Å². The molecule has 1 fully saturated rings. The van der Waals surface area contributed by atoms with E-state index in [1.54, 1.807) is 12.1 Å². The molecule has 1 aliphatic rings. The van der Waals surface area contributed by atoms with Gasteiger partial charge in [-0.05, 0) is 36.8 Å². The number of piperidine rings is 1. The third-order valence-corrected chi connectivity index (χ3v) is 6.01. The van der Waals surface area contributed by atoms with Crippen LogP contribution in [-0.2, 0) is 16.4 Å². The van der Waals surface area contributed by atoms with E-state index in [0.717, 1.165) is 49.7 Å². The van der Waals surface area contributed by atoms with Crippen LogP contribution in [0.2, 0.25) is 0 Å². The molecular weight excluding hydrogens is 513 g/mol. The molecule has 30 heavy (non-hydrogen) atoms. The van der Waals surface area contributed by atoms with Crippen LogP contribution in [-0.4, -0.2) is 51.3 Å². The van der Waals surface area contributed by atoms with Gasteiger partial charge in [-0.2, -0.15) is 0 Å². The molecule has 164 valence electrons. The first-order valence-corrected chi connectivity index (χ1v) is 11.9. The Labute approximate surface area is 196 Å². The molecule has 0 amide bonds. The molecule has 0 atom stereocenters. The second-order valence-corrected chi connectivity index (χ2v) is 9.22. The van der Waals surface area contributed by atoms with Gasteiger partial charge in [0.25, 0.3) is 0 Å². The van der Waals surface area contributed by atoms with Gasteiger partial charge in [-0.15, -0.1) is 24.0 Å². The Balaban J connectivity index is 0.00000320. The molecule has 0 saturated carbocycles. The molecule has 0 spiro atoms. The highest BCUT2D eigenvalue weighted by molar-refractivity contribution is 14.0. The van der Waals surface area contributed by atoms with E-state index in [1.165, 1.54) is 6.26 Å². The van der Waals surface area contributed by atoms with Crippen molar-refractivity contribution in [3.05, 3.63) is 60.2 Å². The third kappa shape index (κ3) is 7.16. The number of likely N-dealkylation sites (tertiary alicyclic amines) is 1. The van der Waals surface area contributed by atoms with Crippen LogP contribution in [0.25, 0.3) is 0 Å². The van der Waals surface area contributed by atoms with Gasteiger partial charge in [0.1, 0.15) is 11.9 Å². The van der Waals surface area contributed by atoms with Crippen LogP contribution in [0, 0.1) is 0 Å². The standard InChI is InChI=1S/C22H29N3O3S.HI/c1-3-23-22(24-17-18-9-11-21(12-10-18)29(2,26)27)25-15-13-20(14-16-25)28-19-7-5-4-6-8-19;/h4-12,20H,3,13-17H2,1-2H3,(H,23,24);1H. The minimum atomic E-state index is -3.17. The average Bonchev–Trinajstić information content (AvgIpc) is 2.72. The molecular formula is C22H30IN3O3S. The van der Waals surface area contributed by atoms with Crippen molar-refractivity contribution in [1.82, 2.24) is 10.2 Å². The van der Waals surface area contributed by atoms with Gasteiger partial charge in [-0.3, -0.25) is 0 Å². The van der Waals surface area contributed by atoms with Crippen LogP contribution >= 0.6 is 24.0 Å². The highest BCUT2D eigenvalue weighted by Gasteiger charge is 2.22. The van der Waals surface area contributed by atoms with Gasteiger partial charge in [0.2, 0.25) is 0 Å². The lowest BCUT2D eigenvalue weighted by molar-refractivity contribution is 0.129. The maximum atomic E-state index is 11.6. The van der Waals surface area contributed by atoms with Crippen molar-refractivity contribution in [2.75, 3.05) is 25.9 Å². The lowest BCUT2D eigenvalue weighted by Gasteiger charge is -2.34. The Kier molecular flexibility index (Phi) is 9.41. The summed E-state index contributed by atoms with van der Waals surface area (Å²) in [5.41, 5.74) is 0.982. The molecule has 6 nitrogen and oxygen atoms in total. The number of aliphatic imine (C=N–C) groups is 1. The lowest BCUT2D eigenvalue weighted by atomic mass is 10.1. The number of sulfone groups is 1. The van der Waals surface area contributed by atoms with Crippen molar-refractivity contribution < 1.29 is 13.2 Å². The lowest BCUT2D eigenvalue weighted by Crippen LogP contribution is -2.47. The number of hydrogen-bond acceptors (Lipinski definition) is 4. The third-order valence-electron chi connectivity index (χ3n) is 4.89. The van der Waals surface area contributed by atoms with Gasteiger partial charge in [0, 0.05) is 38.7 Å². The molecule has 1 saturated heterocycles. The normalized spacial score (nSPS) is 15.4. The fraction of sp³-hybridized carbons (Fsp3) is 0.409. The molecule has 1 aliphatic heterocycles. The zero-order valence-electron chi connectivity index (χ0n) is 17.5. The number of rotatable bonds is 6. The predicted molar refractivity (Wildman–Crippen MR) is 131 cm³/mol. The Hall–Kier alpha value is -1.81. The topological polar surface area (TPSA) is 71.0 Å². The van der Waals surface area contributed by atoms with E-state index in [1.807, 2.05) is 42.5 Å². The smallest absolute Gasteiger partial charge is 0.194 e. The van der Waals surface area contributed by atoms with Gasteiger partial charge in [0.05, 0.1) is 11.4 Å². The summed E-state index contributed by atoms with van der Waals surface area (Å²) in [6, 6.07) is 16.9. The predicted octanol–water partition coefficient (Wildman–Crippen LogP) is 3.72. The number of ether oxygens (including phenoxy) is 1. The van der Waals surface area contributed by atoms with Crippen LogP contribution in [0.1, 0.15) is 25.3 Å². The summed E-state index contributed by atoms with van der Waals surface area (Å²) < 4.78 is 29.3. The van der Waals surface area contributed by atoms with Crippen molar-refractivity contribution in [2.45, 2.75) is 37.3 Å². The molecule has 0 aliphatic carbocycles. The van der Waals surface area contributed by atoms with E-state index in [2.05, 4.69) is 17.1 Å². The van der Waals surface area contributed by atoms with Crippen LogP contribution in [0.5, 0.6) is 5.75 Å². The first-order valence-electron chi connectivity index (χ1n) is 9.99. The quantitative estimate of drug-likeness (QED) is 0.342. The highest BCUT2D eigenvalue weighted by Crippen LogP contribution is 2.19. The number of benzene rings is 2. The summed E-state index contributed by atoms with van der Waals surface area (Å²) >= 11 is 0. The number of nitrogens with one attached hydrogen (secondary N) is 1. The number of guanidine groups is 1. The van der Waals surface area contributed by atoms with Crippen molar-refractivity contribution in [1.29, 1.82) is 0 Å². The van der Waals surface area contributed by atoms with Gasteiger partial charge < -0.3 is 15.0 Å². The van der Waals surface area contributed by atoms with Crippen molar-refractivity contribution >= 4 is 39.8 Å². The summed E-state index contributed by atoms with van der Waals surface area (Å²) in [5, 5.41) is 3.36. The van der Waals surface area contributed by atoms with Gasteiger partial charge in [-0.1, -0.05) is 30.3 Å². The van der Waals surface area contributed by atoms with Crippen LogP contribution in [0.3, 0.4) is 0 Å². The molecule has 0 radical (unpaired) electrons. The number of halogens is 1. The molecule has 1 N–H and O–H groups in total. The van der Waals surface area contributed by atoms with E-state index in [0.29, 0.717) is 11.4 Å². The first-order chi connectivity index (χ1) is 14.0. The summed E-state index contributed by atoms with van der Waals surface area (Å²) in [5.74, 6) is 1.81. The summed E-state index contributed by atoms with van der Waals surface area (Å²) in [4.78, 5) is 7.34. The minimum Gasteiger partial charge on any atom is -0.490 e. The Morgan fingerprint density at radius 2 is 1.73 bits per heavy atom. The molecule has 2 aromatic rings. The zero-order valence-corrected chi connectivity index (χ0v) is 20.6. The van der Waals surface area contributed by atoms with Gasteiger partial charge in [-0.25, -0.2) is 13.4 Å². The second-order valence-electron chi connectivity index (χ2n) is 7.20. The molecule has 0 bridgehead atoms. The number of hydrogen-bond donors (Lipinski definition) is 1. The maximum absolute atomic E-state index is 11.6. The van der Waals surface area contributed by atoms with Gasteiger partial charge in [0.15, 0.2) is 15.8 Å². The molecule has 2 aromatic carbocycles. The summed E-state index contributed by atoms with van der Waals surface area (Å²) in [6.07, 6.45) is 3.33. The summed E-state index contributed by atoms with van der Waals surface area (Å²) in [7, 11) is -3.17. The van der Waals surface area contributed by atoms with Gasteiger partial charge >= 0.3 is 0 Å². The van der Waals surface area contributed by atoms with E-state index in [-0.39, 0.29) is 30.1 Å². The molecule has 0 aromatic heterocycles. The molecule has 3 rings (SSSR count). The highest BCUT2D eigenvalue weighted by atomic mass is 127. The second kappa shape index (κ2) is 11.5. The molecule has 1 heterocycles. The maximum Gasteiger partial charge on any atom is 0.194 e. The fourth-order valence-electron chi connectivity index (χ4n) is 3.31. The zero-order chi connectivity index (χ0) is 20.7. The van der Waals surface area contributed by atoms with Crippen LogP contribution in [0.4, 0.5) is 0 Å². The van der Waals surface area contributed by atoms with Crippen LogP contribution < -0.4 is 10.1 Å². The van der Waals surface area contributed by atoms with Crippen molar-refractivity contribution in [3.63, 3.8) is 0 Å². The largest absolute Gasteiger partial charge is 0.490 e. The molecule has 8 heteroatoms. The van der Waals surface area contributed by atoms with E-state index in [9.17, 15) is 8.42 Å². The average molecular weight is 543 g/mol. The van der Waals surface area contributed by atoms with Crippen molar-refractivity contribution in [3.8, 4) is 5.75 Å². The number of para-hydroxylation sites is 1. The Bertz CT molecular complexity index is 910. The monoisotopic (exact) mass is 543 g/mol. The van der Waals surface area contributed by atoms with Crippen molar-refractivity contribution in [2.24, 2.45) is 4.99 Å².